The molecule has 0 aromatic carbocycles. The van der Waals surface area contributed by atoms with E-state index in [1.165, 1.54) is 0 Å². The van der Waals surface area contributed by atoms with Gasteiger partial charge in [0.15, 0.2) is 0 Å². The molecule has 1 atom stereocenters. The molecule has 1 N–H and O–H groups in total. The number of rotatable bonds is 5. The van der Waals surface area contributed by atoms with Gasteiger partial charge in [0, 0.05) is 25.5 Å². The number of aliphatic hydroxyl groups is 1. The molecule has 74 valence electrons. The van der Waals surface area contributed by atoms with Crippen molar-refractivity contribution < 1.29 is 5.11 Å². The van der Waals surface area contributed by atoms with Crippen LogP contribution in [0.1, 0.15) is 18.5 Å². The summed E-state index contributed by atoms with van der Waals surface area (Å²) in [6, 6.07) is 0. The highest BCUT2D eigenvalue weighted by Gasteiger charge is 2.07. The average Bonchev–Trinajstić information content (AvgIpc) is 2.48. The van der Waals surface area contributed by atoms with Crippen molar-refractivity contribution in [2.45, 2.75) is 25.4 Å². The van der Waals surface area contributed by atoms with Crippen molar-refractivity contribution in [3.8, 4) is 0 Å². The van der Waals surface area contributed by atoms with E-state index in [0.29, 0.717) is 12.3 Å². The Labute approximate surface area is 82.5 Å². The Morgan fingerprint density at radius 1 is 1.69 bits per heavy atom. The molecule has 0 spiro atoms. The van der Waals surface area contributed by atoms with Crippen LogP contribution in [0.4, 0.5) is 0 Å². The maximum atomic E-state index is 9.51. The maximum absolute atomic E-state index is 9.51. The van der Waals surface area contributed by atoms with Gasteiger partial charge in [-0.2, -0.15) is 0 Å². The molecule has 0 aliphatic carbocycles. The second-order valence-electron chi connectivity index (χ2n) is 3.07. The average molecular weight is 204 g/mol. The van der Waals surface area contributed by atoms with Gasteiger partial charge >= 0.3 is 0 Å². The molecular formula is C8H14ClN3O. The van der Waals surface area contributed by atoms with Gasteiger partial charge in [-0.25, -0.2) is 0 Å². The van der Waals surface area contributed by atoms with Gasteiger partial charge in [-0.15, -0.1) is 16.7 Å². The molecule has 0 radical (unpaired) electrons. The summed E-state index contributed by atoms with van der Waals surface area (Å²) in [6.45, 7) is 0. The quantitative estimate of drug-likeness (QED) is 0.719. The minimum Gasteiger partial charge on any atom is -0.393 e. The van der Waals surface area contributed by atoms with E-state index in [9.17, 15) is 5.11 Å². The molecule has 4 nitrogen and oxygen atoms in total. The summed E-state index contributed by atoms with van der Waals surface area (Å²) in [7, 11) is 1.81. The van der Waals surface area contributed by atoms with Crippen LogP contribution in [0.5, 0.6) is 0 Å². The number of aromatic nitrogens is 3. The lowest BCUT2D eigenvalue weighted by Gasteiger charge is -2.05. The van der Waals surface area contributed by atoms with Gasteiger partial charge in [-0.05, 0) is 12.8 Å². The van der Waals surface area contributed by atoms with Crippen LogP contribution in [0.15, 0.2) is 6.20 Å². The minimum atomic E-state index is -0.351. The lowest BCUT2D eigenvalue weighted by molar-refractivity contribution is 0.163. The number of halogens is 1. The van der Waals surface area contributed by atoms with Gasteiger partial charge in [0.05, 0.1) is 11.8 Å². The van der Waals surface area contributed by atoms with E-state index in [4.69, 9.17) is 11.6 Å². The number of alkyl halides is 1. The number of aryl methyl sites for hydroxylation is 1. The zero-order chi connectivity index (χ0) is 9.68. The van der Waals surface area contributed by atoms with Crippen LogP contribution in [0.3, 0.4) is 0 Å². The van der Waals surface area contributed by atoms with Crippen LogP contribution in [-0.4, -0.2) is 32.1 Å². The van der Waals surface area contributed by atoms with E-state index in [2.05, 4.69) is 10.3 Å². The monoisotopic (exact) mass is 203 g/mol. The summed E-state index contributed by atoms with van der Waals surface area (Å²) in [5, 5.41) is 17.2. The smallest absolute Gasteiger partial charge is 0.0852 e. The summed E-state index contributed by atoms with van der Waals surface area (Å²) in [4.78, 5) is 0. The fourth-order valence-corrected chi connectivity index (χ4v) is 1.30. The Bertz CT molecular complexity index is 251. The van der Waals surface area contributed by atoms with Gasteiger partial charge in [0.25, 0.3) is 0 Å². The SMILES string of the molecule is Cn1cc(CC(O)CCCCl)nn1. The number of hydrogen-bond donors (Lipinski definition) is 1. The molecular weight excluding hydrogens is 190 g/mol. The van der Waals surface area contributed by atoms with Crippen molar-refractivity contribution >= 4 is 11.6 Å². The first-order valence-corrected chi connectivity index (χ1v) is 4.85. The van der Waals surface area contributed by atoms with E-state index < -0.39 is 0 Å². The lowest BCUT2D eigenvalue weighted by atomic mass is 10.1. The third kappa shape index (κ3) is 3.74. The second kappa shape index (κ2) is 5.19. The molecule has 0 bridgehead atoms. The Balaban J connectivity index is 2.31. The first-order chi connectivity index (χ1) is 6.22. The first kappa shape index (κ1) is 10.5. The van der Waals surface area contributed by atoms with Crippen molar-refractivity contribution in [1.82, 2.24) is 15.0 Å². The first-order valence-electron chi connectivity index (χ1n) is 4.31. The lowest BCUT2D eigenvalue weighted by Crippen LogP contribution is -2.10. The van der Waals surface area contributed by atoms with Crippen LogP contribution in [0.25, 0.3) is 0 Å². The van der Waals surface area contributed by atoms with Crippen LogP contribution in [0.2, 0.25) is 0 Å². The molecule has 0 aliphatic heterocycles. The van der Waals surface area contributed by atoms with E-state index in [-0.39, 0.29) is 6.10 Å². The van der Waals surface area contributed by atoms with Crippen LogP contribution in [0, 0.1) is 0 Å². The molecule has 0 aliphatic rings. The van der Waals surface area contributed by atoms with E-state index in [1.54, 1.807) is 4.68 Å². The summed E-state index contributed by atoms with van der Waals surface area (Å²) in [5.41, 5.74) is 0.824. The standard InChI is InChI=1S/C8H14ClN3O/c1-12-6-7(10-11-12)5-8(13)3-2-4-9/h6,8,13H,2-5H2,1H3. The Morgan fingerprint density at radius 2 is 2.46 bits per heavy atom. The molecule has 1 aromatic rings. The molecule has 0 amide bonds. The van der Waals surface area contributed by atoms with E-state index in [1.807, 2.05) is 13.2 Å². The van der Waals surface area contributed by atoms with E-state index in [0.717, 1.165) is 18.5 Å². The van der Waals surface area contributed by atoms with Gasteiger partial charge in [-0.3, -0.25) is 4.68 Å². The van der Waals surface area contributed by atoms with Crippen LogP contribution < -0.4 is 0 Å². The summed E-state index contributed by atoms with van der Waals surface area (Å²) >= 11 is 5.51. The molecule has 1 rings (SSSR count). The highest BCUT2D eigenvalue weighted by Crippen LogP contribution is 2.04. The molecule has 1 unspecified atom stereocenters. The van der Waals surface area contributed by atoms with Gasteiger partial charge in [-0.1, -0.05) is 5.21 Å². The number of aliphatic hydroxyl groups excluding tert-OH is 1. The zero-order valence-corrected chi connectivity index (χ0v) is 8.41. The van der Waals surface area contributed by atoms with Crippen molar-refractivity contribution in [2.24, 2.45) is 7.05 Å². The highest BCUT2D eigenvalue weighted by atomic mass is 35.5. The molecule has 0 saturated heterocycles. The zero-order valence-electron chi connectivity index (χ0n) is 7.65. The molecule has 0 fully saturated rings. The number of nitrogens with zero attached hydrogens (tertiary/aromatic N) is 3. The predicted molar refractivity (Wildman–Crippen MR) is 50.7 cm³/mol. The van der Waals surface area contributed by atoms with Crippen LogP contribution >= 0.6 is 11.6 Å². The van der Waals surface area contributed by atoms with Crippen LogP contribution in [-0.2, 0) is 13.5 Å². The molecule has 1 heterocycles. The van der Waals surface area contributed by atoms with Gasteiger partial charge < -0.3 is 5.11 Å². The second-order valence-corrected chi connectivity index (χ2v) is 3.45. The Morgan fingerprint density at radius 3 is 3.00 bits per heavy atom. The largest absolute Gasteiger partial charge is 0.393 e. The maximum Gasteiger partial charge on any atom is 0.0852 e. The minimum absolute atomic E-state index is 0.351. The topological polar surface area (TPSA) is 50.9 Å². The highest BCUT2D eigenvalue weighted by molar-refractivity contribution is 6.17. The third-order valence-corrected chi connectivity index (χ3v) is 2.03. The number of hydrogen-bond acceptors (Lipinski definition) is 3. The molecule has 13 heavy (non-hydrogen) atoms. The van der Waals surface area contributed by atoms with Gasteiger partial charge in [0.1, 0.15) is 0 Å². The molecule has 0 saturated carbocycles. The predicted octanol–water partition coefficient (Wildman–Crippen LogP) is 0.737. The van der Waals surface area contributed by atoms with Crippen molar-refractivity contribution in [2.75, 3.05) is 5.88 Å². The Kier molecular flexibility index (Phi) is 4.18. The summed E-state index contributed by atoms with van der Waals surface area (Å²) in [5.74, 6) is 0.595. The Hall–Kier alpha value is -0.610. The van der Waals surface area contributed by atoms with Crippen molar-refractivity contribution in [1.29, 1.82) is 0 Å². The molecule has 5 heteroatoms. The molecule has 1 aromatic heterocycles. The fraction of sp³-hybridized carbons (Fsp3) is 0.750. The summed E-state index contributed by atoms with van der Waals surface area (Å²) < 4.78 is 1.63. The van der Waals surface area contributed by atoms with Crippen molar-refractivity contribution in [3.05, 3.63) is 11.9 Å². The fourth-order valence-electron chi connectivity index (χ4n) is 1.15. The normalized spacial score (nSPS) is 13.2. The van der Waals surface area contributed by atoms with Gasteiger partial charge in [0.2, 0.25) is 0 Å². The summed E-state index contributed by atoms with van der Waals surface area (Å²) in [6.07, 6.45) is 3.58. The third-order valence-electron chi connectivity index (χ3n) is 1.77. The van der Waals surface area contributed by atoms with Crippen molar-refractivity contribution in [3.63, 3.8) is 0 Å². The van der Waals surface area contributed by atoms with E-state index >= 15 is 0 Å².